The molecule has 0 aliphatic carbocycles. The van der Waals surface area contributed by atoms with E-state index >= 15 is 0 Å². The second kappa shape index (κ2) is 7.49. The van der Waals surface area contributed by atoms with Gasteiger partial charge in [-0.3, -0.25) is 0 Å². The minimum absolute atomic E-state index is 0.331. The topological polar surface area (TPSA) is 66.2 Å². The Kier molecular flexibility index (Phi) is 5.15. The molecule has 0 radical (unpaired) electrons. The van der Waals surface area contributed by atoms with Crippen molar-refractivity contribution in [1.29, 1.82) is 0 Å². The van der Waals surface area contributed by atoms with Gasteiger partial charge in [-0.05, 0) is 38.1 Å². The molecular formula is C16H23N5O. The van der Waals surface area contributed by atoms with Gasteiger partial charge in [0.15, 0.2) is 0 Å². The largest absolute Gasteiger partial charge is 0.390 e. The average molecular weight is 301 g/mol. The van der Waals surface area contributed by atoms with Crippen LogP contribution in [0.3, 0.4) is 0 Å². The van der Waals surface area contributed by atoms with Crippen LogP contribution in [-0.4, -0.2) is 57.3 Å². The fraction of sp³-hybridized carbons (Fsp3) is 0.500. The van der Waals surface area contributed by atoms with Crippen LogP contribution in [0.1, 0.15) is 18.5 Å². The number of nitrogens with one attached hydrogen (secondary N) is 1. The van der Waals surface area contributed by atoms with E-state index in [0.29, 0.717) is 13.1 Å². The first-order chi connectivity index (χ1) is 10.8. The minimum atomic E-state index is -0.331. The summed E-state index contributed by atoms with van der Waals surface area (Å²) in [6.45, 7) is 4.17. The second-order valence-corrected chi connectivity index (χ2v) is 5.75. The summed E-state index contributed by atoms with van der Waals surface area (Å²) in [5, 5.41) is 22.0. The van der Waals surface area contributed by atoms with Gasteiger partial charge in [0.1, 0.15) is 0 Å². The molecule has 1 aliphatic rings. The van der Waals surface area contributed by atoms with Crippen molar-refractivity contribution < 1.29 is 5.11 Å². The Hall–Kier alpha value is -1.76. The van der Waals surface area contributed by atoms with Gasteiger partial charge in [-0.15, -0.1) is 0 Å². The van der Waals surface area contributed by atoms with Crippen molar-refractivity contribution in [3.63, 3.8) is 0 Å². The van der Waals surface area contributed by atoms with Gasteiger partial charge in [0.25, 0.3) is 0 Å². The van der Waals surface area contributed by atoms with Crippen LogP contribution in [0.25, 0.3) is 5.69 Å². The number of β-amino-alcohol motifs (C(OH)–C–C–N with tert-alkyl or cyclic N) is 1. The highest BCUT2D eigenvalue weighted by molar-refractivity contribution is 5.28. The Labute approximate surface area is 130 Å². The van der Waals surface area contributed by atoms with Gasteiger partial charge < -0.3 is 15.3 Å². The van der Waals surface area contributed by atoms with Crippen LogP contribution < -0.4 is 5.32 Å². The predicted octanol–water partition coefficient (Wildman–Crippen LogP) is 0.814. The summed E-state index contributed by atoms with van der Waals surface area (Å²) in [7, 11) is 0. The van der Waals surface area contributed by atoms with Crippen LogP contribution in [0.4, 0.5) is 0 Å². The van der Waals surface area contributed by atoms with Gasteiger partial charge in [0, 0.05) is 19.6 Å². The minimum Gasteiger partial charge on any atom is -0.390 e. The molecule has 2 heterocycles. The first-order valence-corrected chi connectivity index (χ1v) is 7.89. The summed E-state index contributed by atoms with van der Waals surface area (Å²) < 4.78 is 0. The molecule has 6 heteroatoms. The summed E-state index contributed by atoms with van der Waals surface area (Å²) in [6, 6.07) is 9.84. The fourth-order valence-corrected chi connectivity index (χ4v) is 2.76. The van der Waals surface area contributed by atoms with E-state index in [4.69, 9.17) is 0 Å². The standard InChI is InChI=1S/C16H23N5O/c22-16(13-20-8-4-5-9-20)12-17-10-14-11-18-21(19-14)15-6-2-1-3-7-15/h1-3,6-7,11,16-17,22H,4-5,8-10,12-13H2. The molecule has 118 valence electrons. The number of likely N-dealkylation sites (tertiary alicyclic amines) is 1. The molecule has 22 heavy (non-hydrogen) atoms. The van der Waals surface area contributed by atoms with Crippen LogP contribution in [0, 0.1) is 0 Å². The Morgan fingerprint density at radius 2 is 1.95 bits per heavy atom. The van der Waals surface area contributed by atoms with Gasteiger partial charge in [-0.25, -0.2) is 0 Å². The number of para-hydroxylation sites is 1. The lowest BCUT2D eigenvalue weighted by Crippen LogP contribution is -2.36. The number of aromatic nitrogens is 3. The van der Waals surface area contributed by atoms with Crippen molar-refractivity contribution in [2.75, 3.05) is 26.2 Å². The Bertz CT molecular complexity index is 565. The van der Waals surface area contributed by atoms with E-state index in [1.54, 1.807) is 11.0 Å². The number of hydrogen-bond acceptors (Lipinski definition) is 5. The molecule has 1 aromatic carbocycles. The van der Waals surface area contributed by atoms with Crippen LogP contribution in [0.15, 0.2) is 36.5 Å². The Morgan fingerprint density at radius 1 is 1.18 bits per heavy atom. The van der Waals surface area contributed by atoms with Crippen molar-refractivity contribution in [3.8, 4) is 5.69 Å². The Morgan fingerprint density at radius 3 is 2.73 bits per heavy atom. The van der Waals surface area contributed by atoms with E-state index in [1.165, 1.54) is 12.8 Å². The van der Waals surface area contributed by atoms with Gasteiger partial charge >= 0.3 is 0 Å². The van der Waals surface area contributed by atoms with Gasteiger partial charge in [-0.1, -0.05) is 18.2 Å². The van der Waals surface area contributed by atoms with Crippen LogP contribution in [-0.2, 0) is 6.54 Å². The summed E-state index contributed by atoms with van der Waals surface area (Å²) in [5.41, 5.74) is 1.82. The van der Waals surface area contributed by atoms with E-state index in [2.05, 4.69) is 20.4 Å². The van der Waals surface area contributed by atoms with Crippen LogP contribution in [0.2, 0.25) is 0 Å². The van der Waals surface area contributed by atoms with Crippen molar-refractivity contribution in [2.24, 2.45) is 0 Å². The SMILES string of the molecule is OC(CNCc1cnn(-c2ccccc2)n1)CN1CCCC1. The molecule has 2 aromatic rings. The Balaban J connectivity index is 1.43. The summed E-state index contributed by atoms with van der Waals surface area (Å²) in [4.78, 5) is 3.94. The maximum Gasteiger partial charge on any atom is 0.0969 e. The molecule has 1 fully saturated rings. The van der Waals surface area contributed by atoms with E-state index in [0.717, 1.165) is 31.0 Å². The lowest BCUT2D eigenvalue weighted by molar-refractivity contribution is 0.123. The molecule has 3 rings (SSSR count). The van der Waals surface area contributed by atoms with Crippen molar-refractivity contribution in [3.05, 3.63) is 42.2 Å². The van der Waals surface area contributed by atoms with E-state index in [-0.39, 0.29) is 6.10 Å². The summed E-state index contributed by atoms with van der Waals surface area (Å²) in [6.07, 6.45) is 3.93. The quantitative estimate of drug-likeness (QED) is 0.792. The molecule has 0 spiro atoms. The monoisotopic (exact) mass is 301 g/mol. The van der Waals surface area contributed by atoms with E-state index < -0.39 is 0 Å². The molecule has 0 saturated carbocycles. The van der Waals surface area contributed by atoms with Crippen LogP contribution in [0.5, 0.6) is 0 Å². The molecule has 1 aromatic heterocycles. The highest BCUT2D eigenvalue weighted by Crippen LogP contribution is 2.07. The fourth-order valence-electron chi connectivity index (χ4n) is 2.76. The van der Waals surface area contributed by atoms with E-state index in [1.807, 2.05) is 30.3 Å². The third-order valence-corrected chi connectivity index (χ3v) is 3.88. The normalized spacial score (nSPS) is 17.0. The van der Waals surface area contributed by atoms with Crippen molar-refractivity contribution in [2.45, 2.75) is 25.5 Å². The second-order valence-electron chi connectivity index (χ2n) is 5.75. The zero-order valence-corrected chi connectivity index (χ0v) is 12.7. The molecular weight excluding hydrogens is 278 g/mol. The molecule has 1 unspecified atom stereocenters. The van der Waals surface area contributed by atoms with Gasteiger partial charge in [-0.2, -0.15) is 15.0 Å². The van der Waals surface area contributed by atoms with Crippen LogP contribution >= 0.6 is 0 Å². The zero-order chi connectivity index (χ0) is 15.2. The zero-order valence-electron chi connectivity index (χ0n) is 12.7. The number of hydrogen-bond donors (Lipinski definition) is 2. The molecule has 6 nitrogen and oxygen atoms in total. The summed E-state index contributed by atoms with van der Waals surface area (Å²) >= 11 is 0. The first kappa shape index (κ1) is 15.1. The highest BCUT2D eigenvalue weighted by Gasteiger charge is 2.15. The number of aliphatic hydroxyl groups excluding tert-OH is 1. The third kappa shape index (κ3) is 4.13. The van der Waals surface area contributed by atoms with Gasteiger partial charge in [0.05, 0.1) is 23.7 Å². The lowest BCUT2D eigenvalue weighted by Gasteiger charge is -2.19. The average Bonchev–Trinajstić information content (AvgIpc) is 3.20. The summed E-state index contributed by atoms with van der Waals surface area (Å²) in [5.74, 6) is 0. The molecule has 0 amide bonds. The predicted molar refractivity (Wildman–Crippen MR) is 84.7 cm³/mol. The molecule has 1 aliphatic heterocycles. The number of benzene rings is 1. The molecule has 1 atom stereocenters. The number of aliphatic hydroxyl groups is 1. The molecule has 2 N–H and O–H groups in total. The highest BCUT2D eigenvalue weighted by atomic mass is 16.3. The first-order valence-electron chi connectivity index (χ1n) is 7.89. The molecule has 0 bridgehead atoms. The van der Waals surface area contributed by atoms with E-state index in [9.17, 15) is 5.11 Å². The smallest absolute Gasteiger partial charge is 0.0969 e. The van der Waals surface area contributed by atoms with Gasteiger partial charge in [0.2, 0.25) is 0 Å². The molecule has 1 saturated heterocycles. The van der Waals surface area contributed by atoms with Crippen molar-refractivity contribution in [1.82, 2.24) is 25.2 Å². The lowest BCUT2D eigenvalue weighted by atomic mass is 10.3. The maximum absolute atomic E-state index is 10.0. The third-order valence-electron chi connectivity index (χ3n) is 3.88. The maximum atomic E-state index is 10.0. The number of rotatable bonds is 7. The number of nitrogens with zero attached hydrogens (tertiary/aromatic N) is 4. The van der Waals surface area contributed by atoms with Crippen molar-refractivity contribution >= 4 is 0 Å².